The fourth-order valence-corrected chi connectivity index (χ4v) is 2.94. The van der Waals surface area contributed by atoms with Crippen LogP contribution in [-0.4, -0.2) is 12.6 Å². The third kappa shape index (κ3) is 4.14. The first-order valence-corrected chi connectivity index (χ1v) is 6.74. The van der Waals surface area contributed by atoms with Gasteiger partial charge in [-0.05, 0) is 43.1 Å². The Bertz CT molecular complexity index is 174. The second-order valence-electron chi connectivity index (χ2n) is 6.15. The Balaban J connectivity index is 2.45. The van der Waals surface area contributed by atoms with Gasteiger partial charge in [-0.25, -0.2) is 0 Å². The third-order valence-electron chi connectivity index (χ3n) is 3.95. The highest BCUT2D eigenvalue weighted by Gasteiger charge is 2.30. The van der Waals surface area contributed by atoms with Crippen molar-refractivity contribution in [2.75, 3.05) is 6.54 Å². The van der Waals surface area contributed by atoms with Gasteiger partial charge < -0.3 is 5.32 Å². The van der Waals surface area contributed by atoms with Crippen molar-refractivity contribution in [3.63, 3.8) is 0 Å². The van der Waals surface area contributed by atoms with Gasteiger partial charge in [0.1, 0.15) is 0 Å². The lowest BCUT2D eigenvalue weighted by molar-refractivity contribution is 0.138. The molecule has 1 heteroatoms. The lowest BCUT2D eigenvalue weighted by atomic mass is 9.70. The van der Waals surface area contributed by atoms with Crippen molar-refractivity contribution >= 4 is 0 Å². The lowest BCUT2D eigenvalue weighted by Gasteiger charge is -2.38. The summed E-state index contributed by atoms with van der Waals surface area (Å²) in [5.41, 5.74) is 0. The molecule has 0 radical (unpaired) electrons. The molecule has 1 aliphatic carbocycles. The van der Waals surface area contributed by atoms with Gasteiger partial charge in [0, 0.05) is 6.04 Å². The molecule has 3 unspecified atom stereocenters. The van der Waals surface area contributed by atoms with Crippen LogP contribution in [0.15, 0.2) is 0 Å². The molecule has 1 saturated carbocycles. The Morgan fingerprint density at radius 3 is 2.33 bits per heavy atom. The third-order valence-corrected chi connectivity index (χ3v) is 3.95. The van der Waals surface area contributed by atoms with E-state index in [0.29, 0.717) is 6.04 Å². The largest absolute Gasteiger partial charge is 0.314 e. The van der Waals surface area contributed by atoms with E-state index in [4.69, 9.17) is 0 Å². The molecule has 0 bridgehead atoms. The molecule has 15 heavy (non-hydrogen) atoms. The van der Waals surface area contributed by atoms with Crippen molar-refractivity contribution in [2.45, 2.75) is 59.9 Å². The molecule has 0 amide bonds. The van der Waals surface area contributed by atoms with Gasteiger partial charge in [0.2, 0.25) is 0 Å². The van der Waals surface area contributed by atoms with E-state index in [1.54, 1.807) is 0 Å². The van der Waals surface area contributed by atoms with Crippen molar-refractivity contribution in [3.8, 4) is 0 Å². The van der Waals surface area contributed by atoms with Gasteiger partial charge in [-0.2, -0.15) is 0 Å². The van der Waals surface area contributed by atoms with Crippen LogP contribution in [0.25, 0.3) is 0 Å². The van der Waals surface area contributed by atoms with Gasteiger partial charge in [0.15, 0.2) is 0 Å². The molecule has 0 aliphatic heterocycles. The summed E-state index contributed by atoms with van der Waals surface area (Å²) >= 11 is 0. The summed E-state index contributed by atoms with van der Waals surface area (Å²) in [5.74, 6) is 3.67. The summed E-state index contributed by atoms with van der Waals surface area (Å²) in [7, 11) is 0. The Labute approximate surface area is 96.0 Å². The maximum Gasteiger partial charge on any atom is 0.00104 e. The summed E-state index contributed by atoms with van der Waals surface area (Å²) < 4.78 is 0. The predicted molar refractivity (Wildman–Crippen MR) is 68.0 cm³/mol. The van der Waals surface area contributed by atoms with Crippen LogP contribution in [0.1, 0.15) is 53.9 Å². The molecule has 1 nitrogen and oxygen atoms in total. The van der Waals surface area contributed by atoms with Crippen LogP contribution in [0.5, 0.6) is 0 Å². The summed E-state index contributed by atoms with van der Waals surface area (Å²) in [4.78, 5) is 0. The zero-order valence-electron chi connectivity index (χ0n) is 11.2. The van der Waals surface area contributed by atoms with Crippen LogP contribution >= 0.6 is 0 Å². The average Bonchev–Trinajstić information content (AvgIpc) is 2.15. The topological polar surface area (TPSA) is 12.0 Å². The van der Waals surface area contributed by atoms with Crippen LogP contribution in [-0.2, 0) is 0 Å². The van der Waals surface area contributed by atoms with E-state index in [2.05, 4.69) is 39.9 Å². The molecular weight excluding hydrogens is 182 g/mol. The highest BCUT2D eigenvalue weighted by Crippen LogP contribution is 2.37. The van der Waals surface area contributed by atoms with E-state index in [1.165, 1.54) is 25.8 Å². The number of hydrogen-bond acceptors (Lipinski definition) is 1. The van der Waals surface area contributed by atoms with Crippen molar-refractivity contribution in [1.82, 2.24) is 5.32 Å². The molecule has 1 aliphatic rings. The van der Waals surface area contributed by atoms with Crippen molar-refractivity contribution in [3.05, 3.63) is 0 Å². The van der Waals surface area contributed by atoms with Crippen LogP contribution in [0.2, 0.25) is 0 Å². The molecule has 1 N–H and O–H groups in total. The minimum Gasteiger partial charge on any atom is -0.314 e. The second kappa shape index (κ2) is 5.89. The highest BCUT2D eigenvalue weighted by atomic mass is 14.9. The zero-order valence-corrected chi connectivity index (χ0v) is 11.2. The molecule has 1 rings (SSSR count). The van der Waals surface area contributed by atoms with Gasteiger partial charge in [-0.3, -0.25) is 0 Å². The number of rotatable bonds is 4. The molecule has 0 aromatic heterocycles. The van der Waals surface area contributed by atoms with E-state index in [-0.39, 0.29) is 0 Å². The minimum atomic E-state index is 0.636. The van der Waals surface area contributed by atoms with E-state index in [1.807, 2.05) is 0 Å². The first-order chi connectivity index (χ1) is 7.00. The smallest absolute Gasteiger partial charge is 0.00104 e. The van der Waals surface area contributed by atoms with Gasteiger partial charge in [0.25, 0.3) is 0 Å². The van der Waals surface area contributed by atoms with Gasteiger partial charge in [0.05, 0.1) is 0 Å². The molecule has 0 saturated heterocycles. The van der Waals surface area contributed by atoms with E-state index < -0.39 is 0 Å². The summed E-state index contributed by atoms with van der Waals surface area (Å²) in [6, 6.07) is 0.636. The Morgan fingerprint density at radius 2 is 1.80 bits per heavy atom. The highest BCUT2D eigenvalue weighted by molar-refractivity contribution is 4.82. The monoisotopic (exact) mass is 211 g/mol. The quantitative estimate of drug-likeness (QED) is 0.748. The zero-order chi connectivity index (χ0) is 11.4. The van der Waals surface area contributed by atoms with Crippen LogP contribution < -0.4 is 5.32 Å². The SMILES string of the molecule is CC1CCC(CNC(C)C)C(C(C)C)C1. The van der Waals surface area contributed by atoms with E-state index in [0.717, 1.165) is 23.7 Å². The summed E-state index contributed by atoms with van der Waals surface area (Å²) in [6.45, 7) is 12.9. The first kappa shape index (κ1) is 13.0. The fraction of sp³-hybridized carbons (Fsp3) is 1.00. The van der Waals surface area contributed by atoms with Crippen LogP contribution in [0.3, 0.4) is 0 Å². The molecule has 0 aromatic rings. The summed E-state index contributed by atoms with van der Waals surface area (Å²) in [5, 5.41) is 3.61. The standard InChI is InChI=1S/C14H29N/c1-10(2)14-8-12(5)6-7-13(14)9-15-11(3)4/h10-15H,6-9H2,1-5H3. The van der Waals surface area contributed by atoms with E-state index in [9.17, 15) is 0 Å². The normalized spacial score (nSPS) is 32.6. The minimum absolute atomic E-state index is 0.636. The number of hydrogen-bond donors (Lipinski definition) is 1. The molecule has 3 atom stereocenters. The van der Waals surface area contributed by atoms with Crippen LogP contribution in [0.4, 0.5) is 0 Å². The molecule has 0 spiro atoms. The molecule has 90 valence electrons. The van der Waals surface area contributed by atoms with Crippen molar-refractivity contribution in [1.29, 1.82) is 0 Å². The number of nitrogens with one attached hydrogen (secondary N) is 1. The second-order valence-corrected chi connectivity index (χ2v) is 6.15. The van der Waals surface area contributed by atoms with Crippen molar-refractivity contribution in [2.24, 2.45) is 23.7 Å². The van der Waals surface area contributed by atoms with Gasteiger partial charge in [-0.15, -0.1) is 0 Å². The maximum atomic E-state index is 3.61. The fourth-order valence-electron chi connectivity index (χ4n) is 2.94. The van der Waals surface area contributed by atoms with Crippen LogP contribution in [0, 0.1) is 23.7 Å². The maximum absolute atomic E-state index is 3.61. The Hall–Kier alpha value is -0.0400. The lowest BCUT2D eigenvalue weighted by Crippen LogP contribution is -2.37. The van der Waals surface area contributed by atoms with Gasteiger partial charge in [-0.1, -0.05) is 41.0 Å². The molecule has 1 fully saturated rings. The first-order valence-electron chi connectivity index (χ1n) is 6.74. The van der Waals surface area contributed by atoms with Crippen molar-refractivity contribution < 1.29 is 0 Å². The molecular formula is C14H29N. The van der Waals surface area contributed by atoms with Gasteiger partial charge >= 0.3 is 0 Å². The summed E-state index contributed by atoms with van der Waals surface area (Å²) in [6.07, 6.45) is 4.32. The Morgan fingerprint density at radius 1 is 1.13 bits per heavy atom. The molecule has 0 aromatic carbocycles. The predicted octanol–water partition coefficient (Wildman–Crippen LogP) is 3.69. The molecule has 0 heterocycles. The Kier molecular flexibility index (Phi) is 5.11. The van der Waals surface area contributed by atoms with E-state index >= 15 is 0 Å². The average molecular weight is 211 g/mol.